The van der Waals surface area contributed by atoms with Crippen molar-refractivity contribution >= 4 is 21.9 Å². The fourth-order valence-corrected chi connectivity index (χ4v) is 5.18. The van der Waals surface area contributed by atoms with Crippen LogP contribution in [0.3, 0.4) is 0 Å². The van der Waals surface area contributed by atoms with Crippen LogP contribution in [0.15, 0.2) is 23.1 Å². The van der Waals surface area contributed by atoms with Crippen molar-refractivity contribution in [3.8, 4) is 0 Å². The molecule has 0 N–H and O–H groups in total. The molecule has 9 heteroatoms. The first-order valence-corrected chi connectivity index (χ1v) is 11.3. The van der Waals surface area contributed by atoms with Crippen LogP contribution >= 0.6 is 0 Å². The first-order chi connectivity index (χ1) is 13.7. The molecule has 29 heavy (non-hydrogen) atoms. The van der Waals surface area contributed by atoms with E-state index in [0.717, 1.165) is 54.6 Å². The molecule has 0 spiro atoms. The highest BCUT2D eigenvalue weighted by atomic mass is 32.2. The lowest BCUT2D eigenvalue weighted by Gasteiger charge is -2.44. The van der Waals surface area contributed by atoms with E-state index in [1.54, 1.807) is 4.90 Å². The van der Waals surface area contributed by atoms with Crippen molar-refractivity contribution in [2.45, 2.75) is 49.5 Å². The molecule has 1 heterocycles. The third kappa shape index (κ3) is 4.61. The molecular weight excluding hydrogens is 399 g/mol. The number of ether oxygens (including phenoxy) is 1. The fourth-order valence-electron chi connectivity index (χ4n) is 4.25. The summed E-state index contributed by atoms with van der Waals surface area (Å²) in [5.74, 6) is -1.73. The Hall–Kier alpha value is -2.00. The number of carbonyl (C=O) groups excluding carboxylic acids is 2. The third-order valence-corrected chi connectivity index (χ3v) is 7.64. The highest BCUT2D eigenvalue weighted by molar-refractivity contribution is 7.89. The zero-order chi connectivity index (χ0) is 21.2. The smallest absolute Gasteiger partial charge is 0.341 e. The fraction of sp³-hybridized carbons (Fsp3) is 0.600. The van der Waals surface area contributed by atoms with Gasteiger partial charge in [-0.25, -0.2) is 21.9 Å². The molecule has 1 amide bonds. The lowest BCUT2D eigenvalue weighted by atomic mass is 9.78. The Labute approximate surface area is 170 Å². The van der Waals surface area contributed by atoms with E-state index < -0.39 is 34.0 Å². The van der Waals surface area contributed by atoms with Gasteiger partial charge in [-0.15, -0.1) is 0 Å². The molecule has 1 saturated carbocycles. The Morgan fingerprint density at radius 1 is 1.17 bits per heavy atom. The number of hydrogen-bond acceptors (Lipinski definition) is 5. The number of rotatable bonds is 5. The standard InChI is InChI=1S/C20H27FN2O5S/c1-22(2)29(26,27)15-9-10-17(21)16(12-15)20(25)28-13-19(24)23-11-5-7-14-6-3-4-8-18(14)23/h9-10,12,14,18H,3-8,11,13H2,1-2H3/t14-,18+/m0/s1. The number of hydrogen-bond donors (Lipinski definition) is 0. The van der Waals surface area contributed by atoms with Crippen LogP contribution in [0.1, 0.15) is 48.9 Å². The second kappa shape index (κ2) is 8.79. The molecule has 2 aliphatic rings. The zero-order valence-corrected chi connectivity index (χ0v) is 17.6. The van der Waals surface area contributed by atoms with Gasteiger partial charge in [0.15, 0.2) is 6.61 Å². The number of nitrogens with zero attached hydrogens (tertiary/aromatic N) is 2. The molecule has 0 bridgehead atoms. The summed E-state index contributed by atoms with van der Waals surface area (Å²) in [4.78, 5) is 26.6. The molecule has 1 aromatic rings. The number of piperidine rings is 1. The van der Waals surface area contributed by atoms with Gasteiger partial charge in [0.1, 0.15) is 5.82 Å². The van der Waals surface area contributed by atoms with Gasteiger partial charge in [0, 0.05) is 26.7 Å². The lowest BCUT2D eigenvalue weighted by molar-refractivity contribution is -0.140. The van der Waals surface area contributed by atoms with Gasteiger partial charge in [-0.3, -0.25) is 4.79 Å². The molecule has 0 aromatic heterocycles. The second-order valence-corrected chi connectivity index (χ2v) is 10.00. The lowest BCUT2D eigenvalue weighted by Crippen LogP contribution is -2.50. The van der Waals surface area contributed by atoms with Crippen molar-refractivity contribution in [1.82, 2.24) is 9.21 Å². The van der Waals surface area contributed by atoms with Gasteiger partial charge in [-0.2, -0.15) is 0 Å². The molecule has 160 valence electrons. The summed E-state index contributed by atoms with van der Waals surface area (Å²) in [6.45, 7) is 0.161. The SMILES string of the molecule is CN(C)S(=O)(=O)c1ccc(F)c(C(=O)OCC(=O)N2CCC[C@@H]3CCCC[C@H]32)c1. The Morgan fingerprint density at radius 2 is 1.86 bits per heavy atom. The molecule has 0 unspecified atom stereocenters. The van der Waals surface area contributed by atoms with Crippen LogP contribution in [-0.2, 0) is 19.6 Å². The van der Waals surface area contributed by atoms with Crippen molar-refractivity contribution in [3.05, 3.63) is 29.6 Å². The summed E-state index contributed by atoms with van der Waals surface area (Å²) in [6, 6.07) is 3.12. The number of carbonyl (C=O) groups is 2. The van der Waals surface area contributed by atoms with Crippen LogP contribution in [0.2, 0.25) is 0 Å². The van der Waals surface area contributed by atoms with Crippen LogP contribution < -0.4 is 0 Å². The van der Waals surface area contributed by atoms with Crippen LogP contribution in [0, 0.1) is 11.7 Å². The average molecular weight is 427 g/mol. The minimum absolute atomic E-state index is 0.189. The van der Waals surface area contributed by atoms with Crippen molar-refractivity contribution < 1.29 is 27.1 Å². The molecule has 3 rings (SSSR count). The minimum Gasteiger partial charge on any atom is -0.452 e. The maximum absolute atomic E-state index is 14.1. The average Bonchev–Trinajstić information content (AvgIpc) is 2.71. The Balaban J connectivity index is 1.68. The van der Waals surface area contributed by atoms with Crippen molar-refractivity contribution in [2.75, 3.05) is 27.2 Å². The van der Waals surface area contributed by atoms with E-state index in [-0.39, 0.29) is 16.8 Å². The maximum atomic E-state index is 14.1. The molecule has 2 fully saturated rings. The van der Waals surface area contributed by atoms with Gasteiger partial charge in [-0.1, -0.05) is 12.8 Å². The highest BCUT2D eigenvalue weighted by Gasteiger charge is 2.36. The van der Waals surface area contributed by atoms with E-state index >= 15 is 0 Å². The van der Waals surface area contributed by atoms with Crippen LogP contribution in [0.5, 0.6) is 0 Å². The molecular formula is C20H27FN2O5S. The Morgan fingerprint density at radius 3 is 2.59 bits per heavy atom. The van der Waals surface area contributed by atoms with Gasteiger partial charge in [0.05, 0.1) is 10.5 Å². The summed E-state index contributed by atoms with van der Waals surface area (Å²) in [7, 11) is -1.15. The van der Waals surface area contributed by atoms with Crippen molar-refractivity contribution in [1.29, 1.82) is 0 Å². The van der Waals surface area contributed by atoms with E-state index in [1.165, 1.54) is 20.5 Å². The molecule has 1 saturated heterocycles. The molecule has 2 atom stereocenters. The first kappa shape index (κ1) is 21.7. The summed E-state index contributed by atoms with van der Waals surface area (Å²) in [5.41, 5.74) is -0.505. The maximum Gasteiger partial charge on any atom is 0.341 e. The van der Waals surface area contributed by atoms with Gasteiger partial charge in [0.25, 0.3) is 5.91 Å². The Bertz CT molecular complexity index is 885. The largest absolute Gasteiger partial charge is 0.452 e. The molecule has 1 aliphatic heterocycles. The normalized spacial score (nSPS) is 22.3. The van der Waals surface area contributed by atoms with Crippen molar-refractivity contribution in [3.63, 3.8) is 0 Å². The van der Waals surface area contributed by atoms with E-state index in [9.17, 15) is 22.4 Å². The second-order valence-electron chi connectivity index (χ2n) is 7.85. The van der Waals surface area contributed by atoms with E-state index in [1.807, 2.05) is 0 Å². The quantitative estimate of drug-likeness (QED) is 0.675. The summed E-state index contributed by atoms with van der Waals surface area (Å²) < 4.78 is 44.6. The monoisotopic (exact) mass is 426 g/mol. The van der Waals surface area contributed by atoms with Crippen LogP contribution in [0.25, 0.3) is 0 Å². The number of esters is 1. The summed E-state index contributed by atoms with van der Waals surface area (Å²) >= 11 is 0. The predicted molar refractivity (Wildman–Crippen MR) is 104 cm³/mol. The van der Waals surface area contributed by atoms with Gasteiger partial charge in [0.2, 0.25) is 10.0 Å². The number of benzene rings is 1. The molecule has 1 aliphatic carbocycles. The number of sulfonamides is 1. The predicted octanol–water partition coefficient (Wildman–Crippen LogP) is 2.41. The Kier molecular flexibility index (Phi) is 6.58. The van der Waals surface area contributed by atoms with Gasteiger partial charge < -0.3 is 9.64 Å². The molecule has 1 aromatic carbocycles. The van der Waals surface area contributed by atoms with E-state index in [4.69, 9.17) is 4.74 Å². The van der Waals surface area contributed by atoms with Crippen LogP contribution in [0.4, 0.5) is 4.39 Å². The first-order valence-electron chi connectivity index (χ1n) is 9.90. The molecule has 7 nitrogen and oxygen atoms in total. The van der Waals surface area contributed by atoms with Crippen LogP contribution in [-0.4, -0.2) is 62.8 Å². The summed E-state index contributed by atoms with van der Waals surface area (Å²) in [5, 5.41) is 0. The number of fused-ring (bicyclic) bond motifs is 1. The topological polar surface area (TPSA) is 84.0 Å². The number of halogens is 1. The molecule has 0 radical (unpaired) electrons. The third-order valence-electron chi connectivity index (χ3n) is 5.83. The van der Waals surface area contributed by atoms with Gasteiger partial charge >= 0.3 is 5.97 Å². The van der Waals surface area contributed by atoms with E-state index in [0.29, 0.717) is 12.5 Å². The number of likely N-dealkylation sites (tertiary alicyclic amines) is 1. The number of amides is 1. The van der Waals surface area contributed by atoms with Crippen molar-refractivity contribution in [2.24, 2.45) is 5.92 Å². The van der Waals surface area contributed by atoms with E-state index in [2.05, 4.69) is 0 Å². The summed E-state index contributed by atoms with van der Waals surface area (Å²) in [6.07, 6.45) is 6.40. The zero-order valence-electron chi connectivity index (χ0n) is 16.8. The van der Waals surface area contributed by atoms with Gasteiger partial charge in [-0.05, 0) is 49.8 Å². The highest BCUT2D eigenvalue weighted by Crippen LogP contribution is 2.35. The minimum atomic E-state index is -3.83.